The quantitative estimate of drug-likeness (QED) is 0.436. The number of hydrogen-bond acceptors (Lipinski definition) is 4. The molecule has 0 amide bonds. The normalized spacial score (nSPS) is 11.6. The maximum absolute atomic E-state index is 12.3. The second-order valence-corrected chi connectivity index (χ2v) is 7.09. The molecule has 0 spiro atoms. The number of benzene rings is 2. The lowest BCUT2D eigenvalue weighted by Crippen LogP contribution is -2.17. The van der Waals surface area contributed by atoms with Gasteiger partial charge in [0.1, 0.15) is 18.1 Å². The predicted molar refractivity (Wildman–Crippen MR) is 109 cm³/mol. The van der Waals surface area contributed by atoms with E-state index in [1.807, 2.05) is 37.3 Å². The van der Waals surface area contributed by atoms with Crippen LogP contribution in [0.1, 0.15) is 16.8 Å². The second-order valence-electron chi connectivity index (χ2n) is 7.09. The third-order valence-electron chi connectivity index (χ3n) is 4.75. The molecular weight excluding hydrogens is 409 g/mol. The highest BCUT2D eigenvalue weighted by Gasteiger charge is 2.30. The van der Waals surface area contributed by atoms with Crippen molar-refractivity contribution >= 4 is 10.8 Å². The van der Waals surface area contributed by atoms with E-state index in [9.17, 15) is 18.3 Å². The number of alkyl halides is 3. The molecule has 4 aromatic rings. The molecule has 2 aromatic carbocycles. The summed E-state index contributed by atoms with van der Waals surface area (Å²) >= 11 is 0. The molecule has 0 saturated heterocycles. The molecule has 0 bridgehead atoms. The minimum atomic E-state index is -4.73. The Bertz CT molecular complexity index is 1190. The van der Waals surface area contributed by atoms with Gasteiger partial charge in [-0.2, -0.15) is 0 Å². The lowest BCUT2D eigenvalue weighted by Gasteiger charge is -2.10. The smallest absolute Gasteiger partial charge is 0.494 e. The summed E-state index contributed by atoms with van der Waals surface area (Å²) in [6.07, 6.45) is -1.25. The molecular formula is C23H19F3N2O3. The number of fused-ring (bicyclic) bond motifs is 1. The summed E-state index contributed by atoms with van der Waals surface area (Å²) in [5.74, 6) is 0.449. The van der Waals surface area contributed by atoms with Crippen LogP contribution in [0.25, 0.3) is 10.8 Å². The summed E-state index contributed by atoms with van der Waals surface area (Å²) in [5.41, 5.74) is 2.37. The highest BCUT2D eigenvalue weighted by atomic mass is 19.4. The summed E-state index contributed by atoms with van der Waals surface area (Å²) in [6.45, 7) is 2.49. The highest BCUT2D eigenvalue weighted by Crippen LogP contribution is 2.34. The zero-order valence-electron chi connectivity index (χ0n) is 16.6. The van der Waals surface area contributed by atoms with E-state index in [1.54, 1.807) is 17.0 Å². The topological polar surface area (TPSA) is 56.5 Å². The van der Waals surface area contributed by atoms with Crippen LogP contribution in [0.3, 0.4) is 0 Å². The molecule has 0 fully saturated rings. The first-order chi connectivity index (χ1) is 14.8. The van der Waals surface area contributed by atoms with E-state index < -0.39 is 6.36 Å². The largest absolute Gasteiger partial charge is 0.573 e. The molecule has 0 atom stereocenters. The Labute approximate surface area is 176 Å². The predicted octanol–water partition coefficient (Wildman–Crippen LogP) is 5.58. The standard InChI is InChI=1S/C23H19F3N2O3/c1-15-10-20(30-14-18-4-2-3-9-27-18)11-17-13-28(22(29)21(15)17)12-16-5-7-19(8-6-16)31-23(24,25)26/h2-11,13,29H,12,14H2,1H3. The van der Waals surface area contributed by atoms with E-state index in [0.717, 1.165) is 22.2 Å². The van der Waals surface area contributed by atoms with Crippen LogP contribution in [0.2, 0.25) is 0 Å². The van der Waals surface area contributed by atoms with Crippen LogP contribution in [0.4, 0.5) is 13.2 Å². The molecule has 0 aliphatic carbocycles. The minimum Gasteiger partial charge on any atom is -0.494 e. The molecule has 160 valence electrons. The maximum atomic E-state index is 12.3. The Kier molecular flexibility index (Phi) is 5.46. The summed E-state index contributed by atoms with van der Waals surface area (Å²) in [7, 11) is 0. The lowest BCUT2D eigenvalue weighted by atomic mass is 10.1. The van der Waals surface area contributed by atoms with Gasteiger partial charge in [0.25, 0.3) is 0 Å². The SMILES string of the molecule is Cc1cc(OCc2ccccn2)cc2cn(Cc3ccc(OC(F)(F)F)cc3)c(O)c12. The molecule has 0 aliphatic rings. The first kappa shape index (κ1) is 20.6. The van der Waals surface area contributed by atoms with Crippen molar-refractivity contribution in [3.8, 4) is 17.4 Å². The van der Waals surface area contributed by atoms with Crippen molar-refractivity contribution in [2.24, 2.45) is 0 Å². The van der Waals surface area contributed by atoms with Crippen LogP contribution < -0.4 is 9.47 Å². The van der Waals surface area contributed by atoms with Crippen molar-refractivity contribution in [3.05, 3.63) is 83.8 Å². The van der Waals surface area contributed by atoms with Crippen molar-refractivity contribution in [1.82, 2.24) is 9.55 Å². The average Bonchev–Trinajstić information content (AvgIpc) is 3.03. The van der Waals surface area contributed by atoms with Gasteiger partial charge < -0.3 is 19.1 Å². The zero-order chi connectivity index (χ0) is 22.0. The van der Waals surface area contributed by atoms with Gasteiger partial charge in [-0.1, -0.05) is 18.2 Å². The van der Waals surface area contributed by atoms with Crippen molar-refractivity contribution < 1.29 is 27.8 Å². The average molecular weight is 428 g/mol. The van der Waals surface area contributed by atoms with E-state index in [4.69, 9.17) is 4.74 Å². The molecule has 5 nitrogen and oxygen atoms in total. The van der Waals surface area contributed by atoms with Crippen LogP contribution in [-0.4, -0.2) is 21.0 Å². The monoisotopic (exact) mass is 428 g/mol. The zero-order valence-corrected chi connectivity index (χ0v) is 16.6. The van der Waals surface area contributed by atoms with Gasteiger partial charge in [0, 0.05) is 23.2 Å². The highest BCUT2D eigenvalue weighted by molar-refractivity contribution is 5.92. The maximum Gasteiger partial charge on any atom is 0.573 e. The van der Waals surface area contributed by atoms with Gasteiger partial charge >= 0.3 is 6.36 Å². The fourth-order valence-corrected chi connectivity index (χ4v) is 3.40. The van der Waals surface area contributed by atoms with Crippen LogP contribution in [0.15, 0.2) is 67.0 Å². The molecule has 4 rings (SSSR count). The number of pyridine rings is 1. The Balaban J connectivity index is 1.53. The lowest BCUT2D eigenvalue weighted by molar-refractivity contribution is -0.274. The number of nitrogens with zero attached hydrogens (tertiary/aromatic N) is 2. The fourth-order valence-electron chi connectivity index (χ4n) is 3.40. The van der Waals surface area contributed by atoms with Crippen LogP contribution >= 0.6 is 0 Å². The van der Waals surface area contributed by atoms with Gasteiger partial charge in [0.15, 0.2) is 5.88 Å². The molecule has 8 heteroatoms. The van der Waals surface area contributed by atoms with Crippen molar-refractivity contribution in [1.29, 1.82) is 0 Å². The molecule has 1 N–H and O–H groups in total. The van der Waals surface area contributed by atoms with Gasteiger partial charge in [-0.05, 0) is 54.4 Å². The fraction of sp³-hybridized carbons (Fsp3) is 0.174. The summed E-state index contributed by atoms with van der Waals surface area (Å²) in [5, 5.41) is 12.2. The number of halogens is 3. The van der Waals surface area contributed by atoms with Gasteiger partial charge in [-0.3, -0.25) is 4.98 Å². The van der Waals surface area contributed by atoms with Gasteiger partial charge in [-0.25, -0.2) is 0 Å². The number of hydrogen-bond donors (Lipinski definition) is 1. The van der Waals surface area contributed by atoms with E-state index in [0.29, 0.717) is 17.7 Å². The van der Waals surface area contributed by atoms with E-state index in [-0.39, 0.29) is 18.2 Å². The Morgan fingerprint density at radius 1 is 1.03 bits per heavy atom. The number of ether oxygens (including phenoxy) is 2. The van der Waals surface area contributed by atoms with E-state index in [1.165, 1.54) is 24.3 Å². The summed E-state index contributed by atoms with van der Waals surface area (Å²) in [4.78, 5) is 4.23. The van der Waals surface area contributed by atoms with Gasteiger partial charge in [-0.15, -0.1) is 13.2 Å². The molecule has 0 aliphatic heterocycles. The molecule has 0 radical (unpaired) electrons. The first-order valence-corrected chi connectivity index (χ1v) is 9.48. The molecule has 2 aromatic heterocycles. The molecule has 0 saturated carbocycles. The molecule has 31 heavy (non-hydrogen) atoms. The summed E-state index contributed by atoms with van der Waals surface area (Å²) < 4.78 is 48.3. The van der Waals surface area contributed by atoms with E-state index in [2.05, 4.69) is 9.72 Å². The first-order valence-electron chi connectivity index (χ1n) is 9.48. The number of aromatic hydroxyl groups is 1. The minimum absolute atomic E-state index is 0.0828. The number of aromatic nitrogens is 2. The van der Waals surface area contributed by atoms with Crippen LogP contribution in [-0.2, 0) is 13.2 Å². The van der Waals surface area contributed by atoms with Crippen molar-refractivity contribution in [3.63, 3.8) is 0 Å². The Hall–Kier alpha value is -3.68. The van der Waals surface area contributed by atoms with Crippen molar-refractivity contribution in [2.45, 2.75) is 26.4 Å². The Morgan fingerprint density at radius 2 is 1.81 bits per heavy atom. The second kappa shape index (κ2) is 8.22. The summed E-state index contributed by atoms with van der Waals surface area (Å²) in [6, 6.07) is 14.8. The third-order valence-corrected chi connectivity index (χ3v) is 4.75. The van der Waals surface area contributed by atoms with E-state index >= 15 is 0 Å². The van der Waals surface area contributed by atoms with Gasteiger partial charge in [0.2, 0.25) is 0 Å². The Morgan fingerprint density at radius 3 is 2.48 bits per heavy atom. The van der Waals surface area contributed by atoms with Gasteiger partial charge in [0.05, 0.1) is 12.2 Å². The van der Waals surface area contributed by atoms with Crippen LogP contribution in [0, 0.1) is 6.92 Å². The molecule has 2 heterocycles. The third kappa shape index (κ3) is 4.91. The number of aryl methyl sites for hydroxylation is 1. The van der Waals surface area contributed by atoms with Crippen molar-refractivity contribution in [2.75, 3.05) is 0 Å². The molecule has 0 unspecified atom stereocenters. The van der Waals surface area contributed by atoms with Crippen LogP contribution in [0.5, 0.6) is 17.4 Å². The number of rotatable bonds is 6.